The summed E-state index contributed by atoms with van der Waals surface area (Å²) in [6.07, 6.45) is 0. The highest BCUT2D eigenvalue weighted by Crippen LogP contribution is 2.36. The van der Waals surface area contributed by atoms with Crippen LogP contribution >= 0.6 is 0 Å². The first-order valence-corrected chi connectivity index (χ1v) is 11.8. The van der Waals surface area contributed by atoms with E-state index in [1.807, 2.05) is 99.6 Å². The van der Waals surface area contributed by atoms with Gasteiger partial charge in [-0.05, 0) is 72.4 Å². The minimum atomic E-state index is -0.356. The number of hydrogen-bond acceptors (Lipinski definition) is 4. The highest BCUT2D eigenvalue weighted by molar-refractivity contribution is 6.46. The summed E-state index contributed by atoms with van der Waals surface area (Å²) < 4.78 is 0. The first-order chi connectivity index (χ1) is 16.5. The SMILES string of the molecule is Cc1ccc(C2=C(Nc3ccc(N(C)C)cc3)C(=O)N(c3ccc(C(C)(C)C)cc3)C2=O)c(C)c1. The molecule has 3 aromatic carbocycles. The van der Waals surface area contributed by atoms with E-state index >= 15 is 0 Å². The molecule has 0 saturated heterocycles. The van der Waals surface area contributed by atoms with Crippen LogP contribution in [0.1, 0.15) is 43.0 Å². The van der Waals surface area contributed by atoms with E-state index in [9.17, 15) is 9.59 Å². The van der Waals surface area contributed by atoms with Crippen molar-refractivity contribution in [3.8, 4) is 0 Å². The zero-order valence-corrected chi connectivity index (χ0v) is 21.6. The molecule has 0 radical (unpaired) electrons. The largest absolute Gasteiger partial charge is 0.378 e. The Morgan fingerprint density at radius 3 is 1.97 bits per heavy atom. The molecule has 2 amide bonds. The Morgan fingerprint density at radius 2 is 1.43 bits per heavy atom. The molecule has 0 fully saturated rings. The number of nitrogens with one attached hydrogen (secondary N) is 1. The number of imide groups is 1. The van der Waals surface area contributed by atoms with Gasteiger partial charge in [-0.25, -0.2) is 4.90 Å². The number of nitrogens with zero attached hydrogens (tertiary/aromatic N) is 2. The Hall–Kier alpha value is -3.86. The van der Waals surface area contributed by atoms with Crippen molar-refractivity contribution < 1.29 is 9.59 Å². The predicted octanol–water partition coefficient (Wildman–Crippen LogP) is 6.06. The summed E-state index contributed by atoms with van der Waals surface area (Å²) in [5.41, 5.74) is 6.98. The van der Waals surface area contributed by atoms with E-state index in [2.05, 4.69) is 26.1 Å². The van der Waals surface area contributed by atoms with E-state index in [4.69, 9.17) is 0 Å². The van der Waals surface area contributed by atoms with E-state index in [0.717, 1.165) is 33.6 Å². The molecular formula is C30H33N3O2. The van der Waals surface area contributed by atoms with Crippen LogP contribution in [0.5, 0.6) is 0 Å². The molecule has 0 aliphatic carbocycles. The molecule has 3 aromatic rings. The van der Waals surface area contributed by atoms with E-state index < -0.39 is 0 Å². The Kier molecular flexibility index (Phi) is 6.28. The summed E-state index contributed by atoms with van der Waals surface area (Å²) in [6.45, 7) is 10.4. The van der Waals surface area contributed by atoms with Crippen molar-refractivity contribution >= 4 is 34.4 Å². The van der Waals surface area contributed by atoms with Gasteiger partial charge in [-0.3, -0.25) is 9.59 Å². The van der Waals surface area contributed by atoms with Crippen LogP contribution in [0.4, 0.5) is 17.1 Å². The molecule has 1 aliphatic rings. The molecule has 0 spiro atoms. The van der Waals surface area contributed by atoms with Gasteiger partial charge in [0.25, 0.3) is 11.8 Å². The fourth-order valence-electron chi connectivity index (χ4n) is 4.32. The lowest BCUT2D eigenvalue weighted by molar-refractivity contribution is -0.120. The van der Waals surface area contributed by atoms with Gasteiger partial charge in [0.2, 0.25) is 0 Å². The molecule has 1 N–H and O–H groups in total. The van der Waals surface area contributed by atoms with Crippen molar-refractivity contribution in [2.24, 2.45) is 0 Å². The van der Waals surface area contributed by atoms with Gasteiger partial charge in [-0.2, -0.15) is 0 Å². The summed E-state index contributed by atoms with van der Waals surface area (Å²) in [5, 5.41) is 3.26. The average molecular weight is 468 g/mol. The maximum atomic E-state index is 13.8. The second-order valence-electron chi connectivity index (χ2n) is 10.4. The summed E-state index contributed by atoms with van der Waals surface area (Å²) in [7, 11) is 3.95. The normalized spacial score (nSPS) is 14.1. The molecule has 35 heavy (non-hydrogen) atoms. The molecule has 0 saturated carbocycles. The number of aryl methyl sites for hydroxylation is 2. The molecule has 4 rings (SSSR count). The molecule has 180 valence electrons. The van der Waals surface area contributed by atoms with E-state index in [-0.39, 0.29) is 17.2 Å². The second kappa shape index (κ2) is 9.06. The number of carbonyl (C=O) groups is 2. The third kappa shape index (κ3) is 4.72. The number of benzene rings is 3. The Balaban J connectivity index is 1.78. The second-order valence-corrected chi connectivity index (χ2v) is 10.4. The van der Waals surface area contributed by atoms with Crippen LogP contribution in [0.3, 0.4) is 0 Å². The van der Waals surface area contributed by atoms with Crippen molar-refractivity contribution in [1.82, 2.24) is 0 Å². The van der Waals surface area contributed by atoms with Gasteiger partial charge in [0.15, 0.2) is 0 Å². The van der Waals surface area contributed by atoms with Crippen molar-refractivity contribution in [2.45, 2.75) is 40.0 Å². The minimum Gasteiger partial charge on any atom is -0.378 e. The van der Waals surface area contributed by atoms with Crippen LogP contribution in [0.25, 0.3) is 5.57 Å². The lowest BCUT2D eigenvalue weighted by atomic mass is 9.87. The molecule has 0 unspecified atom stereocenters. The van der Waals surface area contributed by atoms with Gasteiger partial charge in [0.05, 0.1) is 11.3 Å². The standard InChI is InChI=1S/C30H33N3O2/c1-19-8-17-25(20(2)18-19)26-27(31-22-11-15-23(16-12-22)32(6)7)29(35)33(28(26)34)24-13-9-21(10-14-24)30(3,4)5/h8-18,31H,1-7H3. The van der Waals surface area contributed by atoms with Gasteiger partial charge in [0.1, 0.15) is 5.70 Å². The van der Waals surface area contributed by atoms with Crippen LogP contribution in [0.2, 0.25) is 0 Å². The fraction of sp³-hybridized carbons (Fsp3) is 0.267. The Morgan fingerprint density at radius 1 is 0.800 bits per heavy atom. The summed E-state index contributed by atoms with van der Waals surface area (Å²) in [4.78, 5) is 30.8. The zero-order chi connectivity index (χ0) is 25.5. The van der Waals surface area contributed by atoms with Crippen LogP contribution in [0.15, 0.2) is 72.4 Å². The molecule has 5 nitrogen and oxygen atoms in total. The van der Waals surface area contributed by atoms with Gasteiger partial charge in [-0.1, -0.05) is 56.7 Å². The lowest BCUT2D eigenvalue weighted by Crippen LogP contribution is -2.32. The molecule has 0 bridgehead atoms. The maximum absolute atomic E-state index is 13.8. The molecule has 5 heteroatoms. The monoisotopic (exact) mass is 467 g/mol. The summed E-state index contributed by atoms with van der Waals surface area (Å²) in [6, 6.07) is 21.4. The minimum absolute atomic E-state index is 0.0224. The van der Waals surface area contributed by atoms with Crippen molar-refractivity contribution in [3.05, 3.63) is 94.7 Å². The average Bonchev–Trinajstić information content (AvgIpc) is 3.03. The topological polar surface area (TPSA) is 52.7 Å². The smallest absolute Gasteiger partial charge is 0.282 e. The van der Waals surface area contributed by atoms with Gasteiger partial charge < -0.3 is 10.2 Å². The third-order valence-corrected chi connectivity index (χ3v) is 6.38. The predicted molar refractivity (Wildman–Crippen MR) is 145 cm³/mol. The van der Waals surface area contributed by atoms with Crippen molar-refractivity contribution in [3.63, 3.8) is 0 Å². The third-order valence-electron chi connectivity index (χ3n) is 6.38. The summed E-state index contributed by atoms with van der Waals surface area (Å²) in [5.74, 6) is -0.678. The van der Waals surface area contributed by atoms with E-state index in [1.54, 1.807) is 0 Å². The Bertz CT molecular complexity index is 1310. The highest BCUT2D eigenvalue weighted by atomic mass is 16.2. The number of amides is 2. The Labute approximate surface area is 208 Å². The number of hydrogen-bond donors (Lipinski definition) is 1. The highest BCUT2D eigenvalue weighted by Gasteiger charge is 2.40. The van der Waals surface area contributed by atoms with E-state index in [0.29, 0.717) is 17.0 Å². The molecule has 0 aromatic heterocycles. The number of carbonyl (C=O) groups excluding carboxylic acids is 2. The first-order valence-electron chi connectivity index (χ1n) is 11.8. The van der Waals surface area contributed by atoms with Crippen LogP contribution in [-0.4, -0.2) is 25.9 Å². The van der Waals surface area contributed by atoms with Crippen LogP contribution in [0, 0.1) is 13.8 Å². The summed E-state index contributed by atoms with van der Waals surface area (Å²) >= 11 is 0. The van der Waals surface area contributed by atoms with Crippen LogP contribution < -0.4 is 15.1 Å². The van der Waals surface area contributed by atoms with Crippen molar-refractivity contribution in [2.75, 3.05) is 29.2 Å². The zero-order valence-electron chi connectivity index (χ0n) is 21.6. The number of rotatable bonds is 5. The fourth-order valence-corrected chi connectivity index (χ4v) is 4.32. The molecule has 1 heterocycles. The van der Waals surface area contributed by atoms with Crippen molar-refractivity contribution in [1.29, 1.82) is 0 Å². The molecular weight excluding hydrogens is 434 g/mol. The van der Waals surface area contributed by atoms with Crippen LogP contribution in [-0.2, 0) is 15.0 Å². The van der Waals surface area contributed by atoms with Gasteiger partial charge >= 0.3 is 0 Å². The quantitative estimate of drug-likeness (QED) is 0.463. The molecule has 1 aliphatic heterocycles. The first kappa shape index (κ1) is 24.3. The van der Waals surface area contributed by atoms with Gasteiger partial charge in [-0.15, -0.1) is 0 Å². The molecule has 0 atom stereocenters. The number of anilines is 3. The van der Waals surface area contributed by atoms with E-state index in [1.165, 1.54) is 4.90 Å². The lowest BCUT2D eigenvalue weighted by Gasteiger charge is -2.21. The van der Waals surface area contributed by atoms with Gasteiger partial charge in [0, 0.05) is 25.5 Å². The maximum Gasteiger partial charge on any atom is 0.282 e.